The summed E-state index contributed by atoms with van der Waals surface area (Å²) in [5, 5.41) is 14.4. The van der Waals surface area contributed by atoms with E-state index in [1.54, 1.807) is 23.3 Å². The lowest BCUT2D eigenvalue weighted by atomic mass is 10.0. The number of nitrogens with one attached hydrogen (secondary N) is 2. The first-order valence-electron chi connectivity index (χ1n) is 10.0. The molecule has 1 aliphatic carbocycles. The normalized spacial score (nSPS) is 16.8. The maximum Gasteiger partial charge on any atom is 0.238 e. The standard InChI is InChI=1S/C21H20N6O3S/c22-10-13-11-26(12-13)27(31(29)30)16-5-3-14(4-6-16)18-9-19(25-21(28)15-1-2-15)24-20-17(18)7-8-23-20/h3-9,13,15,31H,1-2,11-12H2,(H2,23,24,25,28). The van der Waals surface area contributed by atoms with Gasteiger partial charge in [-0.25, -0.2) is 22.8 Å². The first-order chi connectivity index (χ1) is 15.0. The molecule has 31 heavy (non-hydrogen) atoms. The third-order valence-corrected chi connectivity index (χ3v) is 6.40. The summed E-state index contributed by atoms with van der Waals surface area (Å²) < 4.78 is 24.8. The number of anilines is 2. The smallest absolute Gasteiger partial charge is 0.238 e. The molecule has 1 aromatic carbocycles. The molecule has 3 heterocycles. The lowest BCUT2D eigenvalue weighted by Gasteiger charge is -2.41. The van der Waals surface area contributed by atoms with Crippen LogP contribution in [0.5, 0.6) is 0 Å². The molecule has 1 saturated heterocycles. The van der Waals surface area contributed by atoms with E-state index >= 15 is 0 Å². The number of rotatable bonds is 6. The number of H-pyrrole nitrogens is 1. The molecule has 3 aromatic rings. The number of aromatic nitrogens is 2. The van der Waals surface area contributed by atoms with Crippen LogP contribution < -0.4 is 9.73 Å². The first-order valence-corrected chi connectivity index (χ1v) is 11.1. The number of hydrogen-bond acceptors (Lipinski definition) is 6. The maximum atomic E-state index is 12.2. The van der Waals surface area contributed by atoms with Gasteiger partial charge in [-0.3, -0.25) is 4.79 Å². The van der Waals surface area contributed by atoms with Gasteiger partial charge in [-0.1, -0.05) is 12.1 Å². The Balaban J connectivity index is 1.45. The average Bonchev–Trinajstić information content (AvgIpc) is 3.48. The highest BCUT2D eigenvalue weighted by Gasteiger charge is 2.33. The number of hydrazine groups is 1. The molecule has 2 aliphatic rings. The van der Waals surface area contributed by atoms with Gasteiger partial charge in [-0.15, -0.1) is 0 Å². The molecule has 0 spiro atoms. The quantitative estimate of drug-likeness (QED) is 0.510. The minimum atomic E-state index is -2.87. The summed E-state index contributed by atoms with van der Waals surface area (Å²) in [5.74, 6) is 0.392. The number of aromatic amines is 1. The molecule has 158 valence electrons. The third kappa shape index (κ3) is 3.73. The van der Waals surface area contributed by atoms with Crippen molar-refractivity contribution in [2.75, 3.05) is 22.8 Å². The second-order valence-corrected chi connectivity index (χ2v) is 8.68. The van der Waals surface area contributed by atoms with Gasteiger partial charge in [0.25, 0.3) is 0 Å². The molecule has 0 radical (unpaired) electrons. The van der Waals surface area contributed by atoms with Gasteiger partial charge in [-0.05, 0) is 48.2 Å². The number of amides is 1. The minimum absolute atomic E-state index is 0.0141. The summed E-state index contributed by atoms with van der Waals surface area (Å²) in [6.45, 7) is 0.778. The number of nitrogens with zero attached hydrogens (tertiary/aromatic N) is 4. The Hall–Kier alpha value is -3.42. The van der Waals surface area contributed by atoms with Crippen molar-refractivity contribution >= 4 is 39.3 Å². The Bertz CT molecular complexity index is 1260. The Morgan fingerprint density at radius 3 is 2.61 bits per heavy atom. The molecule has 9 nitrogen and oxygen atoms in total. The fourth-order valence-corrected chi connectivity index (χ4v) is 4.42. The molecule has 0 atom stereocenters. The number of fused-ring (bicyclic) bond motifs is 1. The monoisotopic (exact) mass is 436 g/mol. The van der Waals surface area contributed by atoms with Gasteiger partial charge < -0.3 is 10.3 Å². The number of pyridine rings is 1. The second-order valence-electron chi connectivity index (χ2n) is 7.83. The van der Waals surface area contributed by atoms with Gasteiger partial charge in [0.2, 0.25) is 16.8 Å². The predicted molar refractivity (Wildman–Crippen MR) is 116 cm³/mol. The van der Waals surface area contributed by atoms with Gasteiger partial charge in [0, 0.05) is 30.6 Å². The van der Waals surface area contributed by atoms with Crippen LogP contribution in [0.2, 0.25) is 0 Å². The molecule has 1 amide bonds. The molecule has 2 aromatic heterocycles. The Morgan fingerprint density at radius 2 is 1.97 bits per heavy atom. The van der Waals surface area contributed by atoms with Crippen LogP contribution in [0.3, 0.4) is 0 Å². The second kappa shape index (κ2) is 7.68. The van der Waals surface area contributed by atoms with Crippen molar-refractivity contribution in [1.29, 1.82) is 5.26 Å². The van der Waals surface area contributed by atoms with E-state index in [2.05, 4.69) is 21.4 Å². The van der Waals surface area contributed by atoms with Crippen molar-refractivity contribution in [3.05, 3.63) is 42.6 Å². The van der Waals surface area contributed by atoms with Crippen molar-refractivity contribution in [1.82, 2.24) is 15.0 Å². The summed E-state index contributed by atoms with van der Waals surface area (Å²) in [6, 6.07) is 13.1. The van der Waals surface area contributed by atoms with Crippen LogP contribution in [0.25, 0.3) is 22.2 Å². The fraction of sp³-hybridized carbons (Fsp3) is 0.286. The highest BCUT2D eigenvalue weighted by molar-refractivity contribution is 7.73. The zero-order chi connectivity index (χ0) is 21.5. The van der Waals surface area contributed by atoms with E-state index in [0.717, 1.165) is 29.4 Å². The first kappa shape index (κ1) is 19.5. The predicted octanol–water partition coefficient (Wildman–Crippen LogP) is 2.28. The van der Waals surface area contributed by atoms with Crippen molar-refractivity contribution in [3.63, 3.8) is 0 Å². The molecular formula is C21H20N6O3S. The summed E-state index contributed by atoms with van der Waals surface area (Å²) in [5.41, 5.74) is 2.94. The zero-order valence-electron chi connectivity index (χ0n) is 16.5. The largest absolute Gasteiger partial charge is 0.346 e. The molecule has 0 bridgehead atoms. The van der Waals surface area contributed by atoms with Crippen molar-refractivity contribution in [2.24, 2.45) is 11.8 Å². The van der Waals surface area contributed by atoms with E-state index in [1.165, 1.54) is 4.41 Å². The van der Waals surface area contributed by atoms with Crippen molar-refractivity contribution in [2.45, 2.75) is 12.8 Å². The third-order valence-electron chi connectivity index (χ3n) is 5.60. The Labute approximate surface area is 180 Å². The highest BCUT2D eigenvalue weighted by Crippen LogP contribution is 2.34. The summed E-state index contributed by atoms with van der Waals surface area (Å²) in [6.07, 6.45) is 3.62. The van der Waals surface area contributed by atoms with Crippen LogP contribution in [-0.4, -0.2) is 42.4 Å². The van der Waals surface area contributed by atoms with Gasteiger partial charge >= 0.3 is 0 Å². The molecular weight excluding hydrogens is 416 g/mol. The van der Waals surface area contributed by atoms with Crippen LogP contribution in [-0.2, 0) is 15.7 Å². The van der Waals surface area contributed by atoms with Gasteiger partial charge in [0.05, 0.1) is 17.7 Å². The van der Waals surface area contributed by atoms with Crippen LogP contribution in [0, 0.1) is 23.2 Å². The van der Waals surface area contributed by atoms with E-state index in [-0.39, 0.29) is 17.7 Å². The van der Waals surface area contributed by atoms with E-state index < -0.39 is 10.9 Å². The fourth-order valence-electron chi connectivity index (χ4n) is 3.74. The van der Waals surface area contributed by atoms with E-state index in [0.29, 0.717) is 30.2 Å². The number of nitriles is 1. The summed E-state index contributed by atoms with van der Waals surface area (Å²) in [7, 11) is -2.87. The minimum Gasteiger partial charge on any atom is -0.346 e. The number of hydrogen-bond donors (Lipinski definition) is 3. The van der Waals surface area contributed by atoms with Gasteiger partial charge in [0.15, 0.2) is 0 Å². The van der Waals surface area contributed by atoms with Gasteiger partial charge in [0.1, 0.15) is 11.5 Å². The zero-order valence-corrected chi connectivity index (χ0v) is 17.4. The van der Waals surface area contributed by atoms with Crippen LogP contribution in [0.4, 0.5) is 11.5 Å². The van der Waals surface area contributed by atoms with Crippen LogP contribution in [0.15, 0.2) is 42.6 Å². The van der Waals surface area contributed by atoms with Crippen LogP contribution >= 0.6 is 0 Å². The lowest BCUT2D eigenvalue weighted by Crippen LogP contribution is -2.55. The van der Waals surface area contributed by atoms with Gasteiger partial charge in [-0.2, -0.15) is 5.26 Å². The molecule has 1 aliphatic heterocycles. The summed E-state index contributed by atoms with van der Waals surface area (Å²) >= 11 is 0. The van der Waals surface area contributed by atoms with E-state index in [4.69, 9.17) is 5.26 Å². The topological polar surface area (TPSA) is 122 Å². The summed E-state index contributed by atoms with van der Waals surface area (Å²) in [4.78, 5) is 19.8. The molecule has 10 heteroatoms. The van der Waals surface area contributed by atoms with Crippen LogP contribution in [0.1, 0.15) is 12.8 Å². The maximum absolute atomic E-state index is 12.2. The molecule has 1 saturated carbocycles. The lowest BCUT2D eigenvalue weighted by molar-refractivity contribution is -0.117. The average molecular weight is 436 g/mol. The van der Waals surface area contributed by atoms with Crippen molar-refractivity contribution < 1.29 is 13.2 Å². The number of benzene rings is 1. The highest BCUT2D eigenvalue weighted by atomic mass is 32.2. The van der Waals surface area contributed by atoms with E-state index in [9.17, 15) is 13.2 Å². The Morgan fingerprint density at radius 1 is 1.23 bits per heavy atom. The number of carbonyl (C=O) groups excluding carboxylic acids is 1. The number of thiol groups is 1. The Kier molecular flexibility index (Phi) is 4.84. The molecule has 0 unspecified atom stereocenters. The molecule has 5 rings (SSSR count). The SMILES string of the molecule is N#CC1CN(N(c2ccc(-c3cc(NC(=O)C4CC4)nc4[nH]ccc34)cc2)[SH](=O)=O)C1. The van der Waals surface area contributed by atoms with Crippen molar-refractivity contribution in [3.8, 4) is 17.2 Å². The molecule has 2 N–H and O–H groups in total. The molecule has 2 fully saturated rings. The van der Waals surface area contributed by atoms with E-state index in [1.807, 2.05) is 24.3 Å². The number of carbonyl (C=O) groups is 1.